The first-order chi connectivity index (χ1) is 11.1. The molecular weight excluding hydrogens is 358 g/mol. The Morgan fingerprint density at radius 2 is 2.00 bits per heavy atom. The molecule has 1 aliphatic rings. The summed E-state index contributed by atoms with van der Waals surface area (Å²) in [6.45, 7) is 0.612. The molecule has 3 nitrogen and oxygen atoms in total. The van der Waals surface area contributed by atoms with Crippen LogP contribution in [0.4, 0.5) is 14.9 Å². The second-order valence-electron chi connectivity index (χ2n) is 5.00. The molecule has 1 saturated heterocycles. The van der Waals surface area contributed by atoms with Gasteiger partial charge in [0.15, 0.2) is 0 Å². The van der Waals surface area contributed by atoms with Gasteiger partial charge in [0, 0.05) is 28.6 Å². The summed E-state index contributed by atoms with van der Waals surface area (Å²) in [6, 6.07) is 11.3. The number of anilines is 1. The SMILES string of the molecule is O=C(Nc1ccc(F)c(Cl)c1)N1CCSC1c1ccccc1Cl. The highest BCUT2D eigenvalue weighted by molar-refractivity contribution is 7.99. The standard InChI is InChI=1S/C16H13Cl2FN2OS/c17-12-4-2-1-3-11(12)15-21(7-8-23-15)16(22)20-10-5-6-14(19)13(18)9-10/h1-6,9,15H,7-8H2,(H,20,22). The van der Waals surface area contributed by atoms with Gasteiger partial charge in [0.05, 0.1) is 5.02 Å². The summed E-state index contributed by atoms with van der Waals surface area (Å²) in [5.74, 6) is 0.309. The second-order valence-corrected chi connectivity index (χ2v) is 7.00. The van der Waals surface area contributed by atoms with E-state index in [1.165, 1.54) is 18.2 Å². The maximum atomic E-state index is 13.2. The van der Waals surface area contributed by atoms with Gasteiger partial charge in [0.2, 0.25) is 0 Å². The zero-order valence-corrected chi connectivity index (χ0v) is 14.3. The number of thioether (sulfide) groups is 1. The molecule has 1 aliphatic heterocycles. The number of amides is 2. The Morgan fingerprint density at radius 1 is 1.22 bits per heavy atom. The van der Waals surface area contributed by atoms with Crippen LogP contribution in [0.5, 0.6) is 0 Å². The second kappa shape index (κ2) is 6.99. The molecule has 120 valence electrons. The molecule has 0 aromatic heterocycles. The lowest BCUT2D eigenvalue weighted by molar-refractivity contribution is 0.214. The predicted octanol–water partition coefficient (Wildman–Crippen LogP) is 5.41. The molecule has 0 aliphatic carbocycles. The van der Waals surface area contributed by atoms with Crippen molar-refractivity contribution in [2.45, 2.75) is 5.37 Å². The number of carbonyl (C=O) groups excluding carboxylic acids is 1. The zero-order chi connectivity index (χ0) is 16.4. The molecular formula is C16H13Cl2FN2OS. The largest absolute Gasteiger partial charge is 0.323 e. The Hall–Kier alpha value is -1.43. The van der Waals surface area contributed by atoms with E-state index in [1.807, 2.05) is 24.3 Å². The first kappa shape index (κ1) is 16.4. The van der Waals surface area contributed by atoms with Gasteiger partial charge < -0.3 is 10.2 Å². The normalized spacial score (nSPS) is 17.3. The lowest BCUT2D eigenvalue weighted by atomic mass is 10.2. The molecule has 2 aromatic rings. The molecule has 1 heterocycles. The van der Waals surface area contributed by atoms with E-state index in [2.05, 4.69) is 5.32 Å². The molecule has 0 bridgehead atoms. The van der Waals surface area contributed by atoms with Gasteiger partial charge in [-0.2, -0.15) is 0 Å². The van der Waals surface area contributed by atoms with E-state index in [4.69, 9.17) is 23.2 Å². The summed E-state index contributed by atoms with van der Waals surface area (Å²) in [5.41, 5.74) is 1.36. The third-order valence-electron chi connectivity index (χ3n) is 3.49. The number of benzene rings is 2. The summed E-state index contributed by atoms with van der Waals surface area (Å²) in [5, 5.41) is 3.22. The fourth-order valence-electron chi connectivity index (χ4n) is 2.38. The van der Waals surface area contributed by atoms with Gasteiger partial charge in [-0.3, -0.25) is 0 Å². The van der Waals surface area contributed by atoms with Crippen LogP contribution in [0.3, 0.4) is 0 Å². The maximum Gasteiger partial charge on any atom is 0.323 e. The maximum absolute atomic E-state index is 13.2. The van der Waals surface area contributed by atoms with Crippen molar-refractivity contribution < 1.29 is 9.18 Å². The highest BCUT2D eigenvalue weighted by Crippen LogP contribution is 2.41. The predicted molar refractivity (Wildman–Crippen MR) is 93.8 cm³/mol. The molecule has 1 atom stereocenters. The monoisotopic (exact) mass is 370 g/mol. The van der Waals surface area contributed by atoms with Crippen LogP contribution in [0.15, 0.2) is 42.5 Å². The summed E-state index contributed by atoms with van der Waals surface area (Å²) >= 11 is 13.6. The summed E-state index contributed by atoms with van der Waals surface area (Å²) < 4.78 is 13.2. The number of urea groups is 1. The number of nitrogens with one attached hydrogen (secondary N) is 1. The smallest absolute Gasteiger partial charge is 0.308 e. The van der Waals surface area contributed by atoms with Gasteiger partial charge in [0.1, 0.15) is 11.2 Å². The van der Waals surface area contributed by atoms with E-state index in [9.17, 15) is 9.18 Å². The van der Waals surface area contributed by atoms with Crippen molar-refractivity contribution >= 4 is 46.7 Å². The average Bonchev–Trinajstić information content (AvgIpc) is 3.01. The molecule has 1 unspecified atom stereocenters. The van der Waals surface area contributed by atoms with E-state index < -0.39 is 5.82 Å². The molecule has 7 heteroatoms. The van der Waals surface area contributed by atoms with E-state index in [1.54, 1.807) is 16.7 Å². The van der Waals surface area contributed by atoms with E-state index in [0.717, 1.165) is 11.3 Å². The minimum Gasteiger partial charge on any atom is -0.308 e. The fourth-order valence-corrected chi connectivity index (χ4v) is 4.16. The van der Waals surface area contributed by atoms with Gasteiger partial charge in [-0.1, -0.05) is 41.4 Å². The number of hydrogen-bond acceptors (Lipinski definition) is 2. The molecule has 2 amide bonds. The van der Waals surface area contributed by atoms with Gasteiger partial charge in [0.25, 0.3) is 0 Å². The number of halogens is 3. The third kappa shape index (κ3) is 3.57. The van der Waals surface area contributed by atoms with Gasteiger partial charge in [-0.15, -0.1) is 11.8 Å². The van der Waals surface area contributed by atoms with Crippen molar-refractivity contribution in [1.29, 1.82) is 0 Å². The first-order valence-electron chi connectivity index (χ1n) is 6.95. The summed E-state index contributed by atoms with van der Waals surface area (Å²) in [6.07, 6.45) is 0. The van der Waals surface area contributed by atoms with Crippen LogP contribution < -0.4 is 5.32 Å². The molecule has 3 rings (SSSR count). The quantitative estimate of drug-likeness (QED) is 0.765. The number of nitrogens with zero attached hydrogens (tertiary/aromatic N) is 1. The topological polar surface area (TPSA) is 32.3 Å². The van der Waals surface area contributed by atoms with Crippen molar-refractivity contribution in [1.82, 2.24) is 4.90 Å². The Balaban J connectivity index is 1.78. The Labute approximate surface area is 147 Å². The number of rotatable bonds is 2. The van der Waals surface area contributed by atoms with Crippen LogP contribution >= 0.6 is 35.0 Å². The fraction of sp³-hybridized carbons (Fsp3) is 0.188. The van der Waals surface area contributed by atoms with Crippen LogP contribution in [-0.2, 0) is 0 Å². The minimum atomic E-state index is -0.518. The van der Waals surface area contributed by atoms with Crippen LogP contribution in [0.25, 0.3) is 0 Å². The molecule has 1 fully saturated rings. The van der Waals surface area contributed by atoms with Gasteiger partial charge in [-0.25, -0.2) is 9.18 Å². The lowest BCUT2D eigenvalue weighted by Gasteiger charge is -2.25. The molecule has 1 N–H and O–H groups in total. The van der Waals surface area contributed by atoms with Crippen molar-refractivity contribution in [2.75, 3.05) is 17.6 Å². The van der Waals surface area contributed by atoms with Crippen LogP contribution in [0.1, 0.15) is 10.9 Å². The zero-order valence-electron chi connectivity index (χ0n) is 11.9. The average molecular weight is 371 g/mol. The summed E-state index contributed by atoms with van der Waals surface area (Å²) in [7, 11) is 0. The highest BCUT2D eigenvalue weighted by atomic mass is 35.5. The molecule has 0 saturated carbocycles. The van der Waals surface area contributed by atoms with Crippen molar-refractivity contribution in [2.24, 2.45) is 0 Å². The molecule has 2 aromatic carbocycles. The van der Waals surface area contributed by atoms with E-state index >= 15 is 0 Å². The van der Waals surface area contributed by atoms with Crippen LogP contribution in [0, 0.1) is 5.82 Å². The molecule has 0 radical (unpaired) electrons. The van der Waals surface area contributed by atoms with Gasteiger partial charge in [-0.05, 0) is 24.3 Å². The van der Waals surface area contributed by atoms with Gasteiger partial charge >= 0.3 is 6.03 Å². The van der Waals surface area contributed by atoms with Crippen molar-refractivity contribution in [3.8, 4) is 0 Å². The Bertz CT molecular complexity index is 744. The minimum absolute atomic E-state index is 0.0266. The van der Waals surface area contributed by atoms with E-state index in [0.29, 0.717) is 17.3 Å². The Kier molecular flexibility index (Phi) is 4.99. The summed E-state index contributed by atoms with van der Waals surface area (Å²) in [4.78, 5) is 14.2. The highest BCUT2D eigenvalue weighted by Gasteiger charge is 2.31. The molecule has 23 heavy (non-hydrogen) atoms. The van der Waals surface area contributed by atoms with Crippen molar-refractivity contribution in [3.63, 3.8) is 0 Å². The van der Waals surface area contributed by atoms with Crippen LogP contribution in [0.2, 0.25) is 10.0 Å². The van der Waals surface area contributed by atoms with E-state index in [-0.39, 0.29) is 16.4 Å². The van der Waals surface area contributed by atoms with Crippen LogP contribution in [-0.4, -0.2) is 23.2 Å². The third-order valence-corrected chi connectivity index (χ3v) is 5.37. The molecule has 0 spiro atoms. The Morgan fingerprint density at radius 3 is 2.74 bits per heavy atom. The van der Waals surface area contributed by atoms with Crippen molar-refractivity contribution in [3.05, 3.63) is 63.9 Å². The number of carbonyl (C=O) groups is 1. The lowest BCUT2D eigenvalue weighted by Crippen LogP contribution is -2.34. The number of hydrogen-bond donors (Lipinski definition) is 1. The first-order valence-corrected chi connectivity index (χ1v) is 8.75.